The minimum absolute atomic E-state index is 0.187. The predicted molar refractivity (Wildman–Crippen MR) is 155 cm³/mol. The number of aromatic nitrogens is 3. The maximum absolute atomic E-state index is 13.4. The first kappa shape index (κ1) is 33.3. The van der Waals surface area contributed by atoms with Gasteiger partial charge in [0.1, 0.15) is 0 Å². The van der Waals surface area contributed by atoms with Gasteiger partial charge in [0, 0.05) is 37.7 Å². The monoisotopic (exact) mass is 651 g/mol. The lowest BCUT2D eigenvalue weighted by Crippen LogP contribution is -2.34. The van der Waals surface area contributed by atoms with Crippen LogP contribution in [0.25, 0.3) is 22.0 Å². The standard InChI is InChI=1S/C29H23ClF3N3O2.C2HF3O2/c1-35-17-34-16-26(35)28(38-3,19-7-9-20(10-8-19)29(31,32)33)21-11-12-25-24(14-21)23(15-27(37)36(25)2)18-5-4-6-22(30)13-18;3-2(4,5)1(6)7/h4-17H,1-3H3;(H,6,7). The predicted octanol–water partition coefficient (Wildman–Crippen LogP) is 7.18. The van der Waals surface area contributed by atoms with Gasteiger partial charge in [-0.25, -0.2) is 9.78 Å². The van der Waals surface area contributed by atoms with Crippen LogP contribution in [0.1, 0.15) is 22.4 Å². The van der Waals surface area contributed by atoms with Crippen LogP contribution in [0.15, 0.2) is 90.1 Å². The molecule has 0 saturated carbocycles. The summed E-state index contributed by atoms with van der Waals surface area (Å²) in [6, 6.07) is 19.2. The van der Waals surface area contributed by atoms with Crippen molar-refractivity contribution in [3.63, 3.8) is 0 Å². The second-order valence-electron chi connectivity index (χ2n) is 9.85. The Balaban J connectivity index is 0.000000591. The van der Waals surface area contributed by atoms with E-state index in [1.54, 1.807) is 54.0 Å². The van der Waals surface area contributed by atoms with Crippen molar-refractivity contribution in [1.29, 1.82) is 0 Å². The molecule has 0 aliphatic rings. The maximum Gasteiger partial charge on any atom is 0.490 e. The van der Waals surface area contributed by atoms with E-state index in [0.717, 1.165) is 23.1 Å². The molecule has 0 saturated heterocycles. The normalized spacial score (nSPS) is 13.2. The van der Waals surface area contributed by atoms with Crippen LogP contribution >= 0.6 is 11.6 Å². The van der Waals surface area contributed by atoms with Crippen molar-refractivity contribution in [2.45, 2.75) is 18.0 Å². The summed E-state index contributed by atoms with van der Waals surface area (Å²) >= 11 is 6.26. The molecule has 1 unspecified atom stereocenters. The Labute approximate surface area is 256 Å². The molecule has 0 aliphatic heterocycles. The SMILES string of the molecule is COC(c1ccc(C(F)(F)F)cc1)(c1ccc2c(c1)c(-c1cccc(Cl)c1)cc(=O)n2C)c1cncn1C.O=C(O)C(F)(F)F. The minimum atomic E-state index is -5.08. The molecule has 5 rings (SSSR count). The summed E-state index contributed by atoms with van der Waals surface area (Å²) in [6.07, 6.45) is -6.32. The van der Waals surface area contributed by atoms with Crippen LogP contribution in [0.5, 0.6) is 0 Å². The average molecular weight is 652 g/mol. The van der Waals surface area contributed by atoms with Crippen molar-refractivity contribution in [3.8, 4) is 11.1 Å². The van der Waals surface area contributed by atoms with Crippen LogP contribution in [-0.4, -0.2) is 38.5 Å². The third kappa shape index (κ3) is 6.59. The number of hydrogen-bond donors (Lipinski definition) is 1. The number of benzene rings is 3. The average Bonchev–Trinajstić information content (AvgIpc) is 3.41. The number of methoxy groups -OCH3 is 1. The van der Waals surface area contributed by atoms with Gasteiger partial charge in [0.25, 0.3) is 5.56 Å². The Bertz CT molecular complexity index is 1920. The number of pyridine rings is 1. The summed E-state index contributed by atoms with van der Waals surface area (Å²) < 4.78 is 81.3. The highest BCUT2D eigenvalue weighted by molar-refractivity contribution is 6.30. The van der Waals surface area contributed by atoms with Crippen molar-refractivity contribution in [2.24, 2.45) is 14.1 Å². The number of halogens is 7. The summed E-state index contributed by atoms with van der Waals surface area (Å²) in [4.78, 5) is 26.0. The number of ether oxygens (including phenoxy) is 1. The number of aliphatic carboxylic acids is 1. The number of nitrogens with zero attached hydrogens (tertiary/aromatic N) is 3. The maximum atomic E-state index is 13.4. The van der Waals surface area contributed by atoms with Gasteiger partial charge in [-0.3, -0.25) is 4.79 Å². The number of fused-ring (bicyclic) bond motifs is 1. The minimum Gasteiger partial charge on any atom is -0.475 e. The van der Waals surface area contributed by atoms with E-state index in [0.29, 0.717) is 32.9 Å². The summed E-state index contributed by atoms with van der Waals surface area (Å²) in [6.45, 7) is 0. The Kier molecular flexibility index (Phi) is 9.17. The number of hydrogen-bond acceptors (Lipinski definition) is 4. The fourth-order valence-electron chi connectivity index (χ4n) is 4.97. The van der Waals surface area contributed by atoms with Crippen LogP contribution < -0.4 is 5.56 Å². The Morgan fingerprint density at radius 3 is 2.00 bits per heavy atom. The van der Waals surface area contributed by atoms with Crippen LogP contribution in [-0.2, 0) is 35.4 Å². The molecule has 14 heteroatoms. The lowest BCUT2D eigenvalue weighted by Gasteiger charge is -2.34. The smallest absolute Gasteiger partial charge is 0.475 e. The molecule has 0 aliphatic carbocycles. The summed E-state index contributed by atoms with van der Waals surface area (Å²) in [5.74, 6) is -2.76. The summed E-state index contributed by atoms with van der Waals surface area (Å²) in [7, 11) is 4.99. The Hall–Kier alpha value is -4.62. The molecule has 0 amide bonds. The zero-order valence-corrected chi connectivity index (χ0v) is 24.5. The highest BCUT2D eigenvalue weighted by atomic mass is 35.5. The van der Waals surface area contributed by atoms with E-state index >= 15 is 0 Å². The first-order chi connectivity index (χ1) is 21.0. The molecule has 2 heterocycles. The van der Waals surface area contributed by atoms with Gasteiger partial charge < -0.3 is 19.0 Å². The molecule has 2 aromatic heterocycles. The van der Waals surface area contributed by atoms with Gasteiger partial charge in [-0.2, -0.15) is 26.3 Å². The van der Waals surface area contributed by atoms with Crippen LogP contribution in [0.4, 0.5) is 26.3 Å². The quantitative estimate of drug-likeness (QED) is 0.204. The first-order valence-corrected chi connectivity index (χ1v) is 13.3. The van der Waals surface area contributed by atoms with E-state index in [-0.39, 0.29) is 5.56 Å². The molecule has 7 nitrogen and oxygen atoms in total. The molecule has 1 N–H and O–H groups in total. The van der Waals surface area contributed by atoms with E-state index in [9.17, 15) is 31.1 Å². The van der Waals surface area contributed by atoms with Crippen molar-refractivity contribution >= 4 is 28.5 Å². The van der Waals surface area contributed by atoms with E-state index in [4.69, 9.17) is 26.2 Å². The number of carbonyl (C=O) groups is 1. The molecule has 45 heavy (non-hydrogen) atoms. The molecular formula is C31H24ClF6N3O4. The second-order valence-corrected chi connectivity index (χ2v) is 10.3. The first-order valence-electron chi connectivity index (χ1n) is 12.9. The van der Waals surface area contributed by atoms with Crippen molar-refractivity contribution < 1.29 is 41.0 Å². The van der Waals surface area contributed by atoms with Gasteiger partial charge in [0.2, 0.25) is 0 Å². The molecular weight excluding hydrogens is 628 g/mol. The molecule has 0 radical (unpaired) electrons. The molecule has 0 bridgehead atoms. The van der Waals surface area contributed by atoms with Gasteiger partial charge >= 0.3 is 18.3 Å². The number of alkyl halides is 6. The molecule has 1 atom stereocenters. The van der Waals surface area contributed by atoms with E-state index in [2.05, 4.69) is 4.98 Å². The third-order valence-electron chi connectivity index (χ3n) is 7.13. The Morgan fingerprint density at radius 1 is 0.889 bits per heavy atom. The van der Waals surface area contributed by atoms with Crippen LogP contribution in [0.2, 0.25) is 5.02 Å². The third-order valence-corrected chi connectivity index (χ3v) is 7.37. The van der Waals surface area contributed by atoms with Gasteiger partial charge in [-0.15, -0.1) is 0 Å². The van der Waals surface area contributed by atoms with Gasteiger partial charge in [-0.1, -0.05) is 41.9 Å². The zero-order chi connectivity index (χ0) is 33.3. The van der Waals surface area contributed by atoms with Crippen LogP contribution in [0.3, 0.4) is 0 Å². The van der Waals surface area contributed by atoms with Crippen molar-refractivity contribution in [3.05, 3.63) is 123 Å². The lowest BCUT2D eigenvalue weighted by atomic mass is 9.81. The lowest BCUT2D eigenvalue weighted by molar-refractivity contribution is -0.192. The topological polar surface area (TPSA) is 86.4 Å². The Morgan fingerprint density at radius 2 is 1.49 bits per heavy atom. The molecule has 0 spiro atoms. The number of carboxylic acid groups (broad SMARTS) is 1. The molecule has 236 valence electrons. The van der Waals surface area contributed by atoms with Gasteiger partial charge in [-0.05, 0) is 58.7 Å². The van der Waals surface area contributed by atoms with Crippen LogP contribution in [0, 0.1) is 0 Å². The fourth-order valence-corrected chi connectivity index (χ4v) is 5.16. The summed E-state index contributed by atoms with van der Waals surface area (Å²) in [5, 5.41) is 8.40. The molecule has 3 aromatic carbocycles. The number of imidazole rings is 1. The fraction of sp³-hybridized carbons (Fsp3) is 0.194. The highest BCUT2D eigenvalue weighted by Gasteiger charge is 2.41. The van der Waals surface area contributed by atoms with E-state index < -0.39 is 29.5 Å². The van der Waals surface area contributed by atoms with Crippen molar-refractivity contribution in [2.75, 3.05) is 7.11 Å². The zero-order valence-electron chi connectivity index (χ0n) is 23.7. The largest absolute Gasteiger partial charge is 0.490 e. The highest BCUT2D eigenvalue weighted by Crippen LogP contribution is 2.42. The summed E-state index contributed by atoms with van der Waals surface area (Å²) in [5.41, 5.74) is 1.63. The second kappa shape index (κ2) is 12.4. The van der Waals surface area contributed by atoms with Gasteiger partial charge in [0.15, 0.2) is 5.60 Å². The van der Waals surface area contributed by atoms with Gasteiger partial charge in [0.05, 0.1) is 29.3 Å². The van der Waals surface area contributed by atoms with Crippen molar-refractivity contribution in [1.82, 2.24) is 14.1 Å². The number of rotatable bonds is 5. The molecule has 5 aromatic rings. The number of aryl methyl sites for hydroxylation is 2. The number of carboxylic acids is 1. The molecule has 0 fully saturated rings. The van der Waals surface area contributed by atoms with E-state index in [1.807, 2.05) is 30.3 Å². The van der Waals surface area contributed by atoms with E-state index in [1.165, 1.54) is 19.2 Å².